The minimum absolute atomic E-state index is 0.0329. The number of carbonyl (C=O) groups is 2. The molecule has 1 fully saturated rings. The highest BCUT2D eigenvalue weighted by Crippen LogP contribution is 2.35. The lowest BCUT2D eigenvalue weighted by atomic mass is 10.0. The quantitative estimate of drug-likeness (QED) is 0.454. The molecule has 1 aliphatic heterocycles. The number of benzene rings is 1. The van der Waals surface area contributed by atoms with Crippen LogP contribution < -0.4 is 9.47 Å². The van der Waals surface area contributed by atoms with Gasteiger partial charge in [-0.05, 0) is 66.5 Å². The summed E-state index contributed by atoms with van der Waals surface area (Å²) in [5.74, 6) is 1.84. The molecule has 5 rings (SSSR count). The zero-order valence-electron chi connectivity index (χ0n) is 19.1. The van der Waals surface area contributed by atoms with Crippen LogP contribution in [0.2, 0.25) is 0 Å². The van der Waals surface area contributed by atoms with Gasteiger partial charge in [0.2, 0.25) is 5.91 Å². The van der Waals surface area contributed by atoms with Crippen LogP contribution in [0.4, 0.5) is 0 Å². The zero-order valence-corrected chi connectivity index (χ0v) is 20.0. The van der Waals surface area contributed by atoms with E-state index in [0.29, 0.717) is 31.4 Å². The molecule has 0 saturated heterocycles. The van der Waals surface area contributed by atoms with Crippen LogP contribution in [0.1, 0.15) is 39.9 Å². The Balaban J connectivity index is 1.33. The normalized spacial score (nSPS) is 17.2. The average molecular weight is 481 g/mol. The number of carbonyl (C=O) groups excluding carboxylic acids is 2. The SMILES string of the molecule is COc1cccc(OC[C@H]2c3ccsc3CCN2C(=O)CN(CC2CC2)C(=O)c2ccco2)c1. The standard InChI is InChI=1S/C26H28N2O5S/c1-31-19-4-2-5-20(14-19)33-17-22-21-10-13-34-24(21)9-11-28(22)25(29)16-27(15-18-7-8-18)26(30)23-6-3-12-32-23/h2-6,10,12-14,18,22H,7-9,11,15-17H2,1H3/t22-/m0/s1. The van der Waals surface area contributed by atoms with Crippen molar-refractivity contribution < 1.29 is 23.5 Å². The Labute approximate surface area is 202 Å². The molecule has 2 aliphatic rings. The molecule has 1 atom stereocenters. The monoisotopic (exact) mass is 480 g/mol. The van der Waals surface area contributed by atoms with E-state index in [1.54, 1.807) is 35.5 Å². The largest absolute Gasteiger partial charge is 0.497 e. The number of thiophene rings is 1. The molecule has 7 nitrogen and oxygen atoms in total. The number of methoxy groups -OCH3 is 1. The van der Waals surface area contributed by atoms with Crippen LogP contribution in [0, 0.1) is 5.92 Å². The predicted octanol–water partition coefficient (Wildman–Crippen LogP) is 4.41. The van der Waals surface area contributed by atoms with Gasteiger partial charge in [-0.2, -0.15) is 0 Å². The second-order valence-electron chi connectivity index (χ2n) is 8.75. The molecule has 0 spiro atoms. The van der Waals surface area contributed by atoms with Crippen molar-refractivity contribution in [2.75, 3.05) is 33.4 Å². The second-order valence-corrected chi connectivity index (χ2v) is 9.75. The van der Waals surface area contributed by atoms with E-state index in [4.69, 9.17) is 13.9 Å². The van der Waals surface area contributed by atoms with E-state index in [9.17, 15) is 9.59 Å². The fraction of sp³-hybridized carbons (Fsp3) is 0.385. The first-order valence-corrected chi connectivity index (χ1v) is 12.5. The summed E-state index contributed by atoms with van der Waals surface area (Å²) in [4.78, 5) is 31.4. The lowest BCUT2D eigenvalue weighted by Crippen LogP contribution is -2.48. The molecule has 0 N–H and O–H groups in total. The lowest BCUT2D eigenvalue weighted by molar-refractivity contribution is -0.135. The van der Waals surface area contributed by atoms with E-state index < -0.39 is 0 Å². The van der Waals surface area contributed by atoms with E-state index in [1.807, 2.05) is 29.2 Å². The summed E-state index contributed by atoms with van der Waals surface area (Å²) in [5.41, 5.74) is 1.12. The number of amides is 2. The Morgan fingerprint density at radius 3 is 2.79 bits per heavy atom. The molecule has 3 heterocycles. The highest BCUT2D eigenvalue weighted by Gasteiger charge is 2.35. The van der Waals surface area contributed by atoms with Gasteiger partial charge in [0.15, 0.2) is 5.76 Å². The molecule has 1 aromatic carbocycles. The maximum atomic E-state index is 13.6. The van der Waals surface area contributed by atoms with Gasteiger partial charge in [-0.3, -0.25) is 9.59 Å². The van der Waals surface area contributed by atoms with Gasteiger partial charge in [-0.25, -0.2) is 0 Å². The molecule has 8 heteroatoms. The smallest absolute Gasteiger partial charge is 0.290 e. The highest BCUT2D eigenvalue weighted by molar-refractivity contribution is 7.10. The molecule has 2 aromatic heterocycles. The van der Waals surface area contributed by atoms with Crippen LogP contribution in [-0.2, 0) is 11.2 Å². The van der Waals surface area contributed by atoms with Crippen LogP contribution in [-0.4, -0.2) is 55.0 Å². The Morgan fingerprint density at radius 2 is 2.03 bits per heavy atom. The summed E-state index contributed by atoms with van der Waals surface area (Å²) in [5, 5.41) is 2.07. The fourth-order valence-electron chi connectivity index (χ4n) is 4.38. The topological polar surface area (TPSA) is 72.2 Å². The molecular formula is C26H28N2O5S. The van der Waals surface area contributed by atoms with E-state index in [0.717, 1.165) is 30.6 Å². The number of nitrogens with zero attached hydrogens (tertiary/aromatic N) is 2. The van der Waals surface area contributed by atoms with E-state index >= 15 is 0 Å². The summed E-state index contributed by atoms with van der Waals surface area (Å²) in [6.07, 6.45) is 4.48. The van der Waals surface area contributed by atoms with Gasteiger partial charge < -0.3 is 23.7 Å². The van der Waals surface area contributed by atoms with Crippen molar-refractivity contribution in [3.05, 3.63) is 70.3 Å². The summed E-state index contributed by atoms with van der Waals surface area (Å²) in [6, 6.07) is 12.7. The summed E-state index contributed by atoms with van der Waals surface area (Å²) < 4.78 is 16.7. The number of hydrogen-bond acceptors (Lipinski definition) is 6. The van der Waals surface area contributed by atoms with Gasteiger partial charge in [0.25, 0.3) is 5.91 Å². The predicted molar refractivity (Wildman–Crippen MR) is 128 cm³/mol. The maximum Gasteiger partial charge on any atom is 0.290 e. The van der Waals surface area contributed by atoms with Crippen molar-refractivity contribution in [1.82, 2.24) is 9.80 Å². The molecule has 1 saturated carbocycles. The number of ether oxygens (including phenoxy) is 2. The van der Waals surface area contributed by atoms with Crippen molar-refractivity contribution in [3.8, 4) is 11.5 Å². The first-order valence-electron chi connectivity index (χ1n) is 11.6. The van der Waals surface area contributed by atoms with Crippen molar-refractivity contribution in [3.63, 3.8) is 0 Å². The van der Waals surface area contributed by atoms with Crippen LogP contribution >= 0.6 is 11.3 Å². The molecule has 1 aliphatic carbocycles. The average Bonchev–Trinajstić information content (AvgIpc) is 3.30. The van der Waals surface area contributed by atoms with Gasteiger partial charge in [0.1, 0.15) is 24.7 Å². The van der Waals surface area contributed by atoms with E-state index in [1.165, 1.54) is 11.1 Å². The first kappa shape index (κ1) is 22.5. The second kappa shape index (κ2) is 9.93. The zero-order chi connectivity index (χ0) is 23.5. The van der Waals surface area contributed by atoms with E-state index in [2.05, 4.69) is 11.4 Å². The molecule has 0 unspecified atom stereocenters. The molecule has 0 bridgehead atoms. The highest BCUT2D eigenvalue weighted by atomic mass is 32.1. The Bertz CT molecular complexity index is 1140. The van der Waals surface area contributed by atoms with Crippen molar-refractivity contribution in [2.24, 2.45) is 5.92 Å². The Hall–Kier alpha value is -3.26. The Kier molecular flexibility index (Phi) is 6.58. The van der Waals surface area contributed by atoms with Crippen molar-refractivity contribution >= 4 is 23.2 Å². The minimum atomic E-state index is -0.234. The summed E-state index contributed by atoms with van der Waals surface area (Å²) in [7, 11) is 1.62. The summed E-state index contributed by atoms with van der Waals surface area (Å²) >= 11 is 1.71. The third kappa shape index (κ3) is 4.97. The van der Waals surface area contributed by atoms with Crippen LogP contribution in [0.3, 0.4) is 0 Å². The third-order valence-electron chi connectivity index (χ3n) is 6.39. The minimum Gasteiger partial charge on any atom is -0.497 e. The maximum absolute atomic E-state index is 13.6. The fourth-order valence-corrected chi connectivity index (χ4v) is 5.31. The lowest BCUT2D eigenvalue weighted by Gasteiger charge is -2.37. The summed E-state index contributed by atoms with van der Waals surface area (Å²) in [6.45, 7) is 1.54. The molecule has 2 amide bonds. The Morgan fingerprint density at radius 1 is 1.18 bits per heavy atom. The van der Waals surface area contributed by atoms with Gasteiger partial charge in [-0.15, -0.1) is 11.3 Å². The van der Waals surface area contributed by atoms with Crippen molar-refractivity contribution in [2.45, 2.75) is 25.3 Å². The first-order chi connectivity index (χ1) is 16.6. The third-order valence-corrected chi connectivity index (χ3v) is 7.38. The molecular weight excluding hydrogens is 452 g/mol. The van der Waals surface area contributed by atoms with Gasteiger partial charge in [0.05, 0.1) is 19.4 Å². The van der Waals surface area contributed by atoms with Crippen LogP contribution in [0.5, 0.6) is 11.5 Å². The van der Waals surface area contributed by atoms with Gasteiger partial charge >= 0.3 is 0 Å². The molecule has 34 heavy (non-hydrogen) atoms. The van der Waals surface area contributed by atoms with Crippen LogP contribution in [0.15, 0.2) is 58.5 Å². The number of fused-ring (bicyclic) bond motifs is 1. The molecule has 3 aromatic rings. The molecule has 0 radical (unpaired) electrons. The van der Waals surface area contributed by atoms with Crippen LogP contribution in [0.25, 0.3) is 0 Å². The van der Waals surface area contributed by atoms with Gasteiger partial charge in [0, 0.05) is 24.0 Å². The van der Waals surface area contributed by atoms with E-state index in [-0.39, 0.29) is 30.2 Å². The number of rotatable bonds is 9. The number of furan rings is 1. The molecule has 178 valence electrons. The van der Waals surface area contributed by atoms with Gasteiger partial charge in [-0.1, -0.05) is 6.07 Å². The number of hydrogen-bond donors (Lipinski definition) is 0. The van der Waals surface area contributed by atoms with Crippen molar-refractivity contribution in [1.29, 1.82) is 0 Å².